The van der Waals surface area contributed by atoms with Crippen LogP contribution in [0, 0.1) is 0 Å². The van der Waals surface area contributed by atoms with Crippen LogP contribution in [-0.2, 0) is 11.3 Å². The largest absolute Gasteiger partial charge is 0.357 e. The number of carbonyl (C=O) groups is 1. The summed E-state index contributed by atoms with van der Waals surface area (Å²) >= 11 is 1.64. The fourth-order valence-corrected chi connectivity index (χ4v) is 3.91. The van der Waals surface area contributed by atoms with Crippen molar-refractivity contribution in [3.63, 3.8) is 0 Å². The van der Waals surface area contributed by atoms with Crippen LogP contribution in [0.2, 0.25) is 0 Å². The Morgan fingerprint density at radius 1 is 1.32 bits per heavy atom. The Kier molecular flexibility index (Phi) is 9.17. The maximum absolute atomic E-state index is 11.8. The highest BCUT2D eigenvalue weighted by molar-refractivity contribution is 14.0. The van der Waals surface area contributed by atoms with Crippen LogP contribution in [0.4, 0.5) is 0 Å². The van der Waals surface area contributed by atoms with E-state index in [-0.39, 0.29) is 35.9 Å². The first-order valence-corrected chi connectivity index (χ1v) is 10.4. The van der Waals surface area contributed by atoms with Gasteiger partial charge in [0.05, 0.1) is 12.2 Å². The Morgan fingerprint density at radius 2 is 2.11 bits per heavy atom. The highest BCUT2D eigenvalue weighted by Gasteiger charge is 2.25. The van der Waals surface area contributed by atoms with Crippen LogP contribution in [0.1, 0.15) is 32.4 Å². The number of amides is 1. The third-order valence-corrected chi connectivity index (χ3v) is 5.44. The summed E-state index contributed by atoms with van der Waals surface area (Å²) in [6.07, 6.45) is 1.51. The number of halogens is 1. The quantitative estimate of drug-likeness (QED) is 0.353. The number of carbonyl (C=O) groups excluding carboxylic acids is 1. The van der Waals surface area contributed by atoms with Crippen molar-refractivity contribution in [2.75, 3.05) is 19.6 Å². The summed E-state index contributed by atoms with van der Waals surface area (Å²) in [5.74, 6) is 1.000. The van der Waals surface area contributed by atoms with E-state index in [0.29, 0.717) is 13.0 Å². The van der Waals surface area contributed by atoms with Crippen molar-refractivity contribution < 1.29 is 4.79 Å². The minimum absolute atomic E-state index is 0. The molecule has 3 rings (SSSR count). The molecule has 1 amide bonds. The Balaban J connectivity index is 0.00000280. The predicted octanol–water partition coefficient (Wildman–Crippen LogP) is 3.49. The van der Waals surface area contributed by atoms with E-state index in [1.807, 2.05) is 30.0 Å². The Labute approximate surface area is 187 Å². The van der Waals surface area contributed by atoms with Crippen LogP contribution in [0.25, 0.3) is 10.6 Å². The van der Waals surface area contributed by atoms with Crippen LogP contribution in [0.3, 0.4) is 0 Å². The normalized spacial score (nSPS) is 16.6. The number of benzene rings is 1. The van der Waals surface area contributed by atoms with Crippen molar-refractivity contribution in [1.29, 1.82) is 0 Å². The van der Waals surface area contributed by atoms with Crippen molar-refractivity contribution >= 4 is 47.2 Å². The lowest BCUT2D eigenvalue weighted by atomic mass is 10.2. The highest BCUT2D eigenvalue weighted by Crippen LogP contribution is 2.23. The standard InChI is InChI=1S/C20H27N5OS.HI/c1-3-18(26)25-11-10-16(13-25)24-20(21-4-2)22-12-17-14-27-19(23-17)15-8-6-5-7-9-15;/h5-9,14,16H,3-4,10-13H2,1-2H3,(H2,21,22,24);1H. The summed E-state index contributed by atoms with van der Waals surface area (Å²) in [5.41, 5.74) is 2.10. The van der Waals surface area contributed by atoms with Crippen molar-refractivity contribution in [1.82, 2.24) is 20.5 Å². The molecule has 2 heterocycles. The Bertz CT molecular complexity index is 780. The lowest BCUT2D eigenvalue weighted by Crippen LogP contribution is -2.45. The number of nitrogens with zero attached hydrogens (tertiary/aromatic N) is 3. The molecule has 1 unspecified atom stereocenters. The zero-order chi connectivity index (χ0) is 19.1. The first-order valence-electron chi connectivity index (χ1n) is 9.52. The van der Waals surface area contributed by atoms with Crippen molar-refractivity contribution in [3.05, 3.63) is 41.4 Å². The summed E-state index contributed by atoms with van der Waals surface area (Å²) in [6.45, 7) is 6.84. The van der Waals surface area contributed by atoms with Gasteiger partial charge in [0.15, 0.2) is 5.96 Å². The van der Waals surface area contributed by atoms with Crippen LogP contribution >= 0.6 is 35.3 Å². The molecule has 6 nitrogen and oxygen atoms in total. The fourth-order valence-electron chi connectivity index (χ4n) is 3.09. The summed E-state index contributed by atoms with van der Waals surface area (Å²) < 4.78 is 0. The fraction of sp³-hybridized carbons (Fsp3) is 0.450. The van der Waals surface area contributed by atoms with Crippen LogP contribution in [0.5, 0.6) is 0 Å². The number of rotatable bonds is 6. The summed E-state index contributed by atoms with van der Waals surface area (Å²) in [6, 6.07) is 10.4. The number of hydrogen-bond donors (Lipinski definition) is 2. The number of aromatic nitrogens is 1. The molecule has 28 heavy (non-hydrogen) atoms. The second-order valence-corrected chi connectivity index (χ2v) is 7.39. The van der Waals surface area contributed by atoms with Gasteiger partial charge in [-0.1, -0.05) is 37.3 Å². The molecule has 1 aliphatic rings. The number of hydrogen-bond acceptors (Lipinski definition) is 4. The SMILES string of the molecule is CCNC(=NCc1csc(-c2ccccc2)n1)NC1CCN(C(=O)CC)C1.I. The van der Waals surface area contributed by atoms with Gasteiger partial charge >= 0.3 is 0 Å². The topological polar surface area (TPSA) is 69.6 Å². The Hall–Kier alpha value is -1.68. The minimum atomic E-state index is 0. The molecule has 1 aliphatic heterocycles. The molecular weight excluding hydrogens is 485 g/mol. The molecule has 1 atom stereocenters. The van der Waals surface area contributed by atoms with Gasteiger partial charge in [0.25, 0.3) is 0 Å². The van der Waals surface area contributed by atoms with E-state index in [4.69, 9.17) is 4.98 Å². The molecule has 2 N–H and O–H groups in total. The lowest BCUT2D eigenvalue weighted by Gasteiger charge is -2.18. The van der Waals surface area contributed by atoms with Crippen LogP contribution < -0.4 is 10.6 Å². The first-order chi connectivity index (χ1) is 13.2. The number of thiazole rings is 1. The molecule has 2 aromatic rings. The predicted molar refractivity (Wildman–Crippen MR) is 126 cm³/mol. The van der Waals surface area contributed by atoms with Gasteiger partial charge in [-0.05, 0) is 13.3 Å². The average Bonchev–Trinajstić information content (AvgIpc) is 3.36. The third kappa shape index (κ3) is 6.16. The molecule has 1 aromatic heterocycles. The average molecular weight is 513 g/mol. The third-order valence-electron chi connectivity index (χ3n) is 4.50. The summed E-state index contributed by atoms with van der Waals surface area (Å²) in [4.78, 5) is 23.1. The number of nitrogens with one attached hydrogen (secondary N) is 2. The molecule has 1 aromatic carbocycles. The maximum atomic E-state index is 11.8. The van der Waals surface area contributed by atoms with E-state index in [2.05, 4.69) is 40.1 Å². The van der Waals surface area contributed by atoms with Gasteiger partial charge in [-0.2, -0.15) is 0 Å². The first kappa shape index (κ1) is 22.6. The van der Waals surface area contributed by atoms with Crippen LogP contribution in [0.15, 0.2) is 40.7 Å². The molecular formula is C20H28IN5OS. The number of guanidine groups is 1. The molecule has 0 aliphatic carbocycles. The van der Waals surface area contributed by atoms with E-state index < -0.39 is 0 Å². The zero-order valence-corrected chi connectivity index (χ0v) is 19.5. The van der Waals surface area contributed by atoms with E-state index in [1.54, 1.807) is 11.3 Å². The maximum Gasteiger partial charge on any atom is 0.222 e. The van der Waals surface area contributed by atoms with Gasteiger partial charge < -0.3 is 15.5 Å². The van der Waals surface area contributed by atoms with Gasteiger partial charge in [-0.25, -0.2) is 9.98 Å². The van der Waals surface area contributed by atoms with Gasteiger partial charge in [-0.3, -0.25) is 4.79 Å². The lowest BCUT2D eigenvalue weighted by molar-refractivity contribution is -0.129. The highest BCUT2D eigenvalue weighted by atomic mass is 127. The summed E-state index contributed by atoms with van der Waals surface area (Å²) in [5, 5.41) is 9.82. The molecule has 0 bridgehead atoms. The second-order valence-electron chi connectivity index (χ2n) is 6.53. The van der Waals surface area contributed by atoms with Gasteiger partial charge in [-0.15, -0.1) is 35.3 Å². The second kappa shape index (κ2) is 11.4. The van der Waals surface area contributed by atoms with E-state index in [0.717, 1.165) is 48.3 Å². The van der Waals surface area contributed by atoms with Gasteiger partial charge in [0.1, 0.15) is 5.01 Å². The summed E-state index contributed by atoms with van der Waals surface area (Å²) in [7, 11) is 0. The van der Waals surface area contributed by atoms with Crippen molar-refractivity contribution in [3.8, 4) is 10.6 Å². The van der Waals surface area contributed by atoms with E-state index >= 15 is 0 Å². The molecule has 0 saturated carbocycles. The molecule has 152 valence electrons. The van der Waals surface area contributed by atoms with Gasteiger partial charge in [0.2, 0.25) is 5.91 Å². The number of likely N-dealkylation sites (tertiary alicyclic amines) is 1. The Morgan fingerprint density at radius 3 is 2.82 bits per heavy atom. The minimum Gasteiger partial charge on any atom is -0.357 e. The van der Waals surface area contributed by atoms with Gasteiger partial charge in [0, 0.05) is 43.0 Å². The van der Waals surface area contributed by atoms with Crippen molar-refractivity contribution in [2.45, 2.75) is 39.3 Å². The zero-order valence-electron chi connectivity index (χ0n) is 16.4. The van der Waals surface area contributed by atoms with E-state index in [1.165, 1.54) is 0 Å². The molecule has 1 saturated heterocycles. The van der Waals surface area contributed by atoms with Crippen molar-refractivity contribution in [2.24, 2.45) is 4.99 Å². The monoisotopic (exact) mass is 513 g/mol. The molecule has 1 fully saturated rings. The van der Waals surface area contributed by atoms with Crippen LogP contribution in [-0.4, -0.2) is 47.4 Å². The number of aliphatic imine (C=N–C) groups is 1. The molecule has 8 heteroatoms. The van der Waals surface area contributed by atoms with E-state index in [9.17, 15) is 4.79 Å². The molecule has 0 spiro atoms. The smallest absolute Gasteiger partial charge is 0.222 e. The molecule has 0 radical (unpaired) electrons.